The lowest BCUT2D eigenvalue weighted by Crippen LogP contribution is -2.12. The Bertz CT molecular complexity index is 891. The molecule has 3 rings (SSSR count). The summed E-state index contributed by atoms with van der Waals surface area (Å²) in [7, 11) is 0. The van der Waals surface area contributed by atoms with Gasteiger partial charge in [0.05, 0.1) is 0 Å². The Labute approximate surface area is 144 Å². The van der Waals surface area contributed by atoms with Crippen molar-refractivity contribution in [3.05, 3.63) is 45.4 Å². The minimum Gasteiger partial charge on any atom is -0.295 e. The van der Waals surface area contributed by atoms with Crippen LogP contribution in [0.2, 0.25) is 0 Å². The fraction of sp³-hybridized carbons (Fsp3) is 0.200. The van der Waals surface area contributed by atoms with Gasteiger partial charge in [-0.1, -0.05) is 35.1 Å². The number of aryl methyl sites for hydroxylation is 2. The summed E-state index contributed by atoms with van der Waals surface area (Å²) >= 11 is 1.99. The summed E-state index contributed by atoms with van der Waals surface area (Å²) in [5, 5.41) is 11.2. The van der Waals surface area contributed by atoms with E-state index in [0.29, 0.717) is 11.3 Å². The minimum absolute atomic E-state index is 0.0244. The average molecular weight is 366 g/mol. The number of thiazole rings is 1. The fourth-order valence-corrected chi connectivity index (χ4v) is 3.57. The summed E-state index contributed by atoms with van der Waals surface area (Å²) in [5.41, 5.74) is 3.39. The Morgan fingerprint density at radius 1 is 1.25 bits per heavy atom. The predicted molar refractivity (Wildman–Crippen MR) is 89.8 cm³/mol. The highest BCUT2D eigenvalue weighted by molar-refractivity contribution is 7.15. The standard InChI is InChI=1S/C15H12F2N4OS2/c1-7-3-4-9(8(2)5-7)13-18-10(6-23-13)12(22)19-15-21-20-14(24-15)11(16)17/h3-6,11H,1-2H3,(H,19,21,22). The Kier molecular flexibility index (Phi) is 4.63. The van der Waals surface area contributed by atoms with Crippen molar-refractivity contribution in [1.82, 2.24) is 15.2 Å². The highest BCUT2D eigenvalue weighted by atomic mass is 32.1. The Balaban J connectivity index is 1.78. The number of rotatable bonds is 4. The second-order valence-electron chi connectivity index (χ2n) is 5.06. The fourth-order valence-electron chi connectivity index (χ4n) is 2.09. The molecule has 0 saturated carbocycles. The molecule has 0 bridgehead atoms. The quantitative estimate of drug-likeness (QED) is 0.740. The first kappa shape index (κ1) is 16.6. The van der Waals surface area contributed by atoms with Crippen molar-refractivity contribution in [2.75, 3.05) is 5.32 Å². The molecule has 9 heteroatoms. The first-order valence-electron chi connectivity index (χ1n) is 6.90. The van der Waals surface area contributed by atoms with E-state index < -0.39 is 17.3 Å². The third-order valence-corrected chi connectivity index (χ3v) is 4.92. The summed E-state index contributed by atoms with van der Waals surface area (Å²) in [6.07, 6.45) is -2.71. The van der Waals surface area contributed by atoms with Gasteiger partial charge in [0.2, 0.25) is 5.13 Å². The van der Waals surface area contributed by atoms with Crippen LogP contribution in [0.4, 0.5) is 13.9 Å². The highest BCUT2D eigenvalue weighted by Crippen LogP contribution is 2.28. The molecule has 0 atom stereocenters. The number of aromatic nitrogens is 3. The number of anilines is 1. The molecule has 5 nitrogen and oxygen atoms in total. The average Bonchev–Trinajstić information content (AvgIpc) is 3.16. The summed E-state index contributed by atoms with van der Waals surface area (Å²) in [6, 6.07) is 5.99. The third-order valence-electron chi connectivity index (χ3n) is 3.20. The number of carbonyl (C=O) groups is 1. The monoisotopic (exact) mass is 366 g/mol. The van der Waals surface area contributed by atoms with E-state index in [1.807, 2.05) is 32.0 Å². The van der Waals surface area contributed by atoms with Gasteiger partial charge >= 0.3 is 0 Å². The van der Waals surface area contributed by atoms with Crippen LogP contribution in [0, 0.1) is 13.8 Å². The van der Waals surface area contributed by atoms with Gasteiger partial charge in [0.15, 0.2) is 5.01 Å². The molecule has 0 aliphatic carbocycles. The molecule has 1 aromatic carbocycles. The second kappa shape index (κ2) is 6.70. The molecule has 2 aromatic heterocycles. The smallest absolute Gasteiger partial charge is 0.291 e. The van der Waals surface area contributed by atoms with Crippen LogP contribution in [0.5, 0.6) is 0 Å². The van der Waals surface area contributed by atoms with Gasteiger partial charge in [0.1, 0.15) is 10.7 Å². The molecule has 1 N–H and O–H groups in total. The molecular weight excluding hydrogens is 354 g/mol. The van der Waals surface area contributed by atoms with Crippen LogP contribution >= 0.6 is 22.7 Å². The highest BCUT2D eigenvalue weighted by Gasteiger charge is 2.18. The van der Waals surface area contributed by atoms with Crippen molar-refractivity contribution in [2.24, 2.45) is 0 Å². The molecule has 0 aliphatic heterocycles. The van der Waals surface area contributed by atoms with E-state index in [-0.39, 0.29) is 10.8 Å². The maximum Gasteiger partial charge on any atom is 0.291 e. The van der Waals surface area contributed by atoms with Gasteiger partial charge in [-0.3, -0.25) is 10.1 Å². The van der Waals surface area contributed by atoms with Crippen molar-refractivity contribution >= 4 is 33.7 Å². The molecule has 0 radical (unpaired) electrons. The summed E-state index contributed by atoms with van der Waals surface area (Å²) in [6.45, 7) is 3.99. The van der Waals surface area contributed by atoms with Crippen LogP contribution in [-0.2, 0) is 0 Å². The largest absolute Gasteiger partial charge is 0.295 e. The van der Waals surface area contributed by atoms with Gasteiger partial charge in [0, 0.05) is 10.9 Å². The van der Waals surface area contributed by atoms with E-state index in [1.54, 1.807) is 5.38 Å². The molecule has 124 valence electrons. The number of alkyl halides is 2. The topological polar surface area (TPSA) is 67.8 Å². The van der Waals surface area contributed by atoms with Crippen LogP contribution < -0.4 is 5.32 Å². The molecule has 1 amide bonds. The van der Waals surface area contributed by atoms with Crippen LogP contribution in [0.25, 0.3) is 10.6 Å². The molecular formula is C15H12F2N4OS2. The van der Waals surface area contributed by atoms with Crippen LogP contribution in [-0.4, -0.2) is 21.1 Å². The normalized spacial score (nSPS) is 11.0. The number of nitrogens with one attached hydrogen (secondary N) is 1. The lowest BCUT2D eigenvalue weighted by molar-refractivity contribution is 0.102. The zero-order chi connectivity index (χ0) is 17.3. The van der Waals surface area contributed by atoms with Crippen molar-refractivity contribution in [1.29, 1.82) is 0 Å². The van der Waals surface area contributed by atoms with Gasteiger partial charge in [-0.15, -0.1) is 21.5 Å². The van der Waals surface area contributed by atoms with Crippen LogP contribution in [0.3, 0.4) is 0 Å². The number of nitrogens with zero attached hydrogens (tertiary/aromatic N) is 3. The van der Waals surface area contributed by atoms with E-state index >= 15 is 0 Å². The molecule has 0 spiro atoms. The lowest BCUT2D eigenvalue weighted by atomic mass is 10.1. The van der Waals surface area contributed by atoms with E-state index in [9.17, 15) is 13.6 Å². The Morgan fingerprint density at radius 2 is 2.04 bits per heavy atom. The van der Waals surface area contributed by atoms with E-state index in [1.165, 1.54) is 11.3 Å². The maximum atomic E-state index is 12.5. The lowest BCUT2D eigenvalue weighted by Gasteiger charge is -2.03. The Hall–Kier alpha value is -2.26. The third kappa shape index (κ3) is 3.46. The first-order valence-corrected chi connectivity index (χ1v) is 8.59. The molecule has 0 fully saturated rings. The van der Waals surface area contributed by atoms with Crippen molar-refractivity contribution < 1.29 is 13.6 Å². The molecule has 0 saturated heterocycles. The maximum absolute atomic E-state index is 12.5. The number of amides is 1. The van der Waals surface area contributed by atoms with E-state index in [2.05, 4.69) is 20.5 Å². The van der Waals surface area contributed by atoms with Gasteiger partial charge in [-0.2, -0.15) is 0 Å². The van der Waals surface area contributed by atoms with Crippen molar-refractivity contribution in [3.8, 4) is 10.6 Å². The molecule has 3 aromatic rings. The zero-order valence-electron chi connectivity index (χ0n) is 12.7. The number of carbonyl (C=O) groups excluding carboxylic acids is 1. The van der Waals surface area contributed by atoms with Crippen molar-refractivity contribution in [3.63, 3.8) is 0 Å². The minimum atomic E-state index is -2.71. The summed E-state index contributed by atoms with van der Waals surface area (Å²) < 4.78 is 25.0. The zero-order valence-corrected chi connectivity index (χ0v) is 14.3. The molecule has 0 unspecified atom stereocenters. The SMILES string of the molecule is Cc1ccc(-c2nc(C(=O)Nc3nnc(C(F)F)s3)cs2)c(C)c1. The second-order valence-corrected chi connectivity index (χ2v) is 6.92. The molecule has 0 aliphatic rings. The van der Waals surface area contributed by atoms with Gasteiger partial charge in [-0.05, 0) is 19.4 Å². The van der Waals surface area contributed by atoms with Crippen LogP contribution in [0.15, 0.2) is 23.6 Å². The first-order chi connectivity index (χ1) is 11.4. The van der Waals surface area contributed by atoms with E-state index in [4.69, 9.17) is 0 Å². The van der Waals surface area contributed by atoms with Crippen LogP contribution in [0.1, 0.15) is 33.0 Å². The summed E-state index contributed by atoms with van der Waals surface area (Å²) in [5.74, 6) is -0.501. The van der Waals surface area contributed by atoms with Crippen molar-refractivity contribution in [2.45, 2.75) is 20.3 Å². The van der Waals surface area contributed by atoms with Gasteiger partial charge < -0.3 is 0 Å². The number of halogens is 2. The Morgan fingerprint density at radius 3 is 2.71 bits per heavy atom. The number of hydrogen-bond donors (Lipinski definition) is 1. The van der Waals surface area contributed by atoms with Gasteiger partial charge in [-0.25, -0.2) is 13.8 Å². The number of benzene rings is 1. The molecule has 2 heterocycles. The predicted octanol–water partition coefficient (Wildman–Crippen LogP) is 4.47. The summed E-state index contributed by atoms with van der Waals surface area (Å²) in [4.78, 5) is 16.5. The number of hydrogen-bond acceptors (Lipinski definition) is 6. The van der Waals surface area contributed by atoms with Gasteiger partial charge in [0.25, 0.3) is 12.3 Å². The van der Waals surface area contributed by atoms with E-state index in [0.717, 1.165) is 21.7 Å². The molecule has 24 heavy (non-hydrogen) atoms.